The van der Waals surface area contributed by atoms with Crippen LogP contribution in [0.1, 0.15) is 10.4 Å². The molecule has 0 radical (unpaired) electrons. The molecule has 0 aliphatic carbocycles. The lowest BCUT2D eigenvalue weighted by Crippen LogP contribution is -2.12. The summed E-state index contributed by atoms with van der Waals surface area (Å²) in [6.45, 7) is 0. The molecular formula is C14H11ClINO2. The molecule has 0 saturated carbocycles. The Hall–Kier alpha value is -1.27. The second-order valence-electron chi connectivity index (χ2n) is 3.81. The van der Waals surface area contributed by atoms with Crippen molar-refractivity contribution in [1.82, 2.24) is 0 Å². The molecule has 0 unspecified atom stereocenters. The Morgan fingerprint density at radius 3 is 2.74 bits per heavy atom. The van der Waals surface area contributed by atoms with E-state index in [1.165, 1.54) is 0 Å². The van der Waals surface area contributed by atoms with E-state index < -0.39 is 0 Å². The highest BCUT2D eigenvalue weighted by molar-refractivity contribution is 14.1. The Balaban J connectivity index is 2.18. The molecule has 0 aliphatic rings. The van der Waals surface area contributed by atoms with Crippen molar-refractivity contribution in [3.05, 3.63) is 56.6 Å². The quantitative estimate of drug-likeness (QED) is 0.802. The molecule has 0 bridgehead atoms. The van der Waals surface area contributed by atoms with Gasteiger partial charge in [0.05, 0.1) is 12.1 Å². The van der Waals surface area contributed by atoms with E-state index in [9.17, 15) is 4.79 Å². The summed E-state index contributed by atoms with van der Waals surface area (Å²) in [5, 5.41) is 3.45. The van der Waals surface area contributed by atoms with Gasteiger partial charge in [0.25, 0.3) is 5.91 Å². The van der Waals surface area contributed by atoms with Crippen LogP contribution in [0, 0.1) is 3.57 Å². The van der Waals surface area contributed by atoms with Crippen LogP contribution in [-0.2, 0) is 0 Å². The number of benzene rings is 2. The fourth-order valence-corrected chi connectivity index (χ4v) is 2.17. The first-order valence-corrected chi connectivity index (χ1v) is 6.96. The van der Waals surface area contributed by atoms with Gasteiger partial charge in [-0.1, -0.05) is 17.7 Å². The van der Waals surface area contributed by atoms with Crippen LogP contribution in [0.2, 0.25) is 5.02 Å². The Morgan fingerprint density at radius 2 is 2.05 bits per heavy atom. The summed E-state index contributed by atoms with van der Waals surface area (Å²) in [4.78, 5) is 12.1. The van der Waals surface area contributed by atoms with Gasteiger partial charge in [-0.05, 0) is 52.9 Å². The lowest BCUT2D eigenvalue weighted by atomic mass is 10.2. The standard InChI is InChI=1S/C14H11ClINO2/c1-19-11-4-2-3-10(8-11)17-14(18)9-5-6-12(15)13(16)7-9/h2-8H,1H3,(H,17,18). The molecule has 0 saturated heterocycles. The van der Waals surface area contributed by atoms with Crippen LogP contribution in [0.25, 0.3) is 0 Å². The smallest absolute Gasteiger partial charge is 0.255 e. The monoisotopic (exact) mass is 387 g/mol. The molecule has 0 heterocycles. The number of anilines is 1. The average molecular weight is 388 g/mol. The van der Waals surface area contributed by atoms with Gasteiger partial charge in [-0.15, -0.1) is 0 Å². The van der Waals surface area contributed by atoms with Crippen LogP contribution >= 0.6 is 34.2 Å². The summed E-state index contributed by atoms with van der Waals surface area (Å²) in [5.41, 5.74) is 1.26. The van der Waals surface area contributed by atoms with Crippen molar-refractivity contribution >= 4 is 45.8 Å². The van der Waals surface area contributed by atoms with Gasteiger partial charge < -0.3 is 10.1 Å². The molecule has 2 aromatic carbocycles. The van der Waals surface area contributed by atoms with E-state index in [1.807, 2.05) is 12.1 Å². The Kier molecular flexibility index (Phi) is 4.66. The van der Waals surface area contributed by atoms with E-state index >= 15 is 0 Å². The number of hydrogen-bond acceptors (Lipinski definition) is 2. The van der Waals surface area contributed by atoms with Gasteiger partial charge in [0, 0.05) is 20.9 Å². The van der Waals surface area contributed by atoms with E-state index in [1.54, 1.807) is 37.4 Å². The maximum Gasteiger partial charge on any atom is 0.255 e. The van der Waals surface area contributed by atoms with Crippen molar-refractivity contribution in [3.63, 3.8) is 0 Å². The fraction of sp³-hybridized carbons (Fsp3) is 0.0714. The normalized spacial score (nSPS) is 10.1. The highest BCUT2D eigenvalue weighted by Crippen LogP contribution is 2.21. The number of ether oxygens (including phenoxy) is 1. The van der Waals surface area contributed by atoms with Crippen molar-refractivity contribution in [3.8, 4) is 5.75 Å². The summed E-state index contributed by atoms with van der Waals surface area (Å²) < 4.78 is 5.95. The van der Waals surface area contributed by atoms with Crippen molar-refractivity contribution in [2.45, 2.75) is 0 Å². The highest BCUT2D eigenvalue weighted by atomic mass is 127. The van der Waals surface area contributed by atoms with Gasteiger partial charge in [0.1, 0.15) is 5.75 Å². The first-order chi connectivity index (χ1) is 9.10. The van der Waals surface area contributed by atoms with Crippen molar-refractivity contribution < 1.29 is 9.53 Å². The third-order valence-corrected chi connectivity index (χ3v) is 4.05. The zero-order valence-electron chi connectivity index (χ0n) is 10.1. The minimum absolute atomic E-state index is 0.178. The summed E-state index contributed by atoms with van der Waals surface area (Å²) in [6.07, 6.45) is 0. The van der Waals surface area contributed by atoms with Crippen LogP contribution in [0.15, 0.2) is 42.5 Å². The number of carbonyl (C=O) groups excluding carboxylic acids is 1. The average Bonchev–Trinajstić information content (AvgIpc) is 2.42. The molecule has 1 N–H and O–H groups in total. The van der Waals surface area contributed by atoms with Gasteiger partial charge >= 0.3 is 0 Å². The van der Waals surface area contributed by atoms with Crippen LogP contribution < -0.4 is 10.1 Å². The van der Waals surface area contributed by atoms with E-state index in [-0.39, 0.29) is 5.91 Å². The van der Waals surface area contributed by atoms with Crippen molar-refractivity contribution in [2.75, 3.05) is 12.4 Å². The van der Waals surface area contributed by atoms with Crippen LogP contribution in [0.3, 0.4) is 0 Å². The van der Waals surface area contributed by atoms with E-state index in [0.717, 1.165) is 3.57 Å². The lowest BCUT2D eigenvalue weighted by Gasteiger charge is -2.07. The third-order valence-electron chi connectivity index (χ3n) is 2.51. The molecule has 1 amide bonds. The summed E-state index contributed by atoms with van der Waals surface area (Å²) in [7, 11) is 1.59. The Bertz CT molecular complexity index is 616. The number of nitrogens with one attached hydrogen (secondary N) is 1. The second kappa shape index (κ2) is 6.25. The minimum atomic E-state index is -0.178. The van der Waals surface area contributed by atoms with E-state index in [4.69, 9.17) is 16.3 Å². The predicted octanol–water partition coefficient (Wildman–Crippen LogP) is 4.21. The first kappa shape index (κ1) is 14.1. The molecule has 5 heteroatoms. The molecule has 0 aromatic heterocycles. The predicted molar refractivity (Wildman–Crippen MR) is 85.1 cm³/mol. The van der Waals surface area contributed by atoms with Crippen molar-refractivity contribution in [1.29, 1.82) is 0 Å². The maximum atomic E-state index is 12.1. The second-order valence-corrected chi connectivity index (χ2v) is 5.38. The summed E-state index contributed by atoms with van der Waals surface area (Å²) in [5.74, 6) is 0.520. The third kappa shape index (κ3) is 3.61. The molecule has 0 fully saturated rings. The van der Waals surface area contributed by atoms with Gasteiger partial charge in [0.2, 0.25) is 0 Å². The summed E-state index contributed by atoms with van der Waals surface area (Å²) in [6, 6.07) is 12.4. The minimum Gasteiger partial charge on any atom is -0.497 e. The zero-order chi connectivity index (χ0) is 13.8. The SMILES string of the molecule is COc1cccc(NC(=O)c2ccc(Cl)c(I)c2)c1. The fourth-order valence-electron chi connectivity index (χ4n) is 1.54. The number of halogens is 2. The maximum absolute atomic E-state index is 12.1. The Morgan fingerprint density at radius 1 is 1.26 bits per heavy atom. The Labute approximate surface area is 130 Å². The lowest BCUT2D eigenvalue weighted by molar-refractivity contribution is 0.102. The number of amides is 1. The number of carbonyl (C=O) groups is 1. The molecule has 0 spiro atoms. The molecule has 2 aromatic rings. The van der Waals surface area contributed by atoms with Gasteiger partial charge in [0.15, 0.2) is 0 Å². The van der Waals surface area contributed by atoms with Crippen molar-refractivity contribution in [2.24, 2.45) is 0 Å². The zero-order valence-corrected chi connectivity index (χ0v) is 13.0. The highest BCUT2D eigenvalue weighted by Gasteiger charge is 2.08. The number of hydrogen-bond donors (Lipinski definition) is 1. The van der Waals surface area contributed by atoms with Crippen LogP contribution in [-0.4, -0.2) is 13.0 Å². The van der Waals surface area contributed by atoms with Gasteiger partial charge in [-0.3, -0.25) is 4.79 Å². The van der Waals surface area contributed by atoms with E-state index in [2.05, 4.69) is 27.9 Å². The molecular weight excluding hydrogens is 377 g/mol. The molecule has 2 rings (SSSR count). The first-order valence-electron chi connectivity index (χ1n) is 5.50. The largest absolute Gasteiger partial charge is 0.497 e. The van der Waals surface area contributed by atoms with E-state index in [0.29, 0.717) is 22.0 Å². The van der Waals surface area contributed by atoms with Crippen LogP contribution in [0.4, 0.5) is 5.69 Å². The van der Waals surface area contributed by atoms with Gasteiger partial charge in [-0.2, -0.15) is 0 Å². The molecule has 98 valence electrons. The number of methoxy groups -OCH3 is 1. The molecule has 0 atom stereocenters. The molecule has 3 nitrogen and oxygen atoms in total. The summed E-state index contributed by atoms with van der Waals surface area (Å²) >= 11 is 8.02. The number of rotatable bonds is 3. The van der Waals surface area contributed by atoms with Crippen LogP contribution in [0.5, 0.6) is 5.75 Å². The molecule has 19 heavy (non-hydrogen) atoms. The molecule has 0 aliphatic heterocycles. The topological polar surface area (TPSA) is 38.3 Å². The van der Waals surface area contributed by atoms with Gasteiger partial charge in [-0.25, -0.2) is 0 Å².